The number of hydrogen-bond acceptors (Lipinski definition) is 4. The Morgan fingerprint density at radius 3 is 2.56 bits per heavy atom. The van der Waals surface area contributed by atoms with E-state index in [1.165, 1.54) is 14.2 Å². The summed E-state index contributed by atoms with van der Waals surface area (Å²) in [5.74, 6) is -0.435. The average Bonchev–Trinajstić information content (AvgIpc) is 2.74. The minimum atomic E-state index is -0.516. The van der Waals surface area contributed by atoms with Gasteiger partial charge in [0.25, 0.3) is 0 Å². The lowest BCUT2D eigenvalue weighted by Crippen LogP contribution is -2.24. The van der Waals surface area contributed by atoms with E-state index in [1.807, 2.05) is 18.2 Å². The van der Waals surface area contributed by atoms with E-state index in [2.05, 4.69) is 0 Å². The molecule has 4 atom stereocenters. The summed E-state index contributed by atoms with van der Waals surface area (Å²) < 4.78 is 9.58. The van der Waals surface area contributed by atoms with Crippen molar-refractivity contribution in [2.24, 2.45) is 23.2 Å². The standard InChI is InChI=1S/C12H12O4/c1-15-10(13)7-5-6-3-4-8-9(7)12(6,8)11(14)16-2/h3-6,8-9H,1-2H3. The molecule has 84 valence electrons. The van der Waals surface area contributed by atoms with Crippen LogP contribution in [0.15, 0.2) is 23.8 Å². The topological polar surface area (TPSA) is 52.6 Å². The second kappa shape index (κ2) is 2.75. The molecule has 4 nitrogen and oxygen atoms in total. The number of methoxy groups -OCH3 is 2. The maximum Gasteiger partial charge on any atom is 0.333 e. The normalized spacial score (nSPS) is 41.4. The summed E-state index contributed by atoms with van der Waals surface area (Å²) in [5, 5.41) is 0. The first-order valence-electron chi connectivity index (χ1n) is 5.24. The Balaban J connectivity index is 1.97. The molecule has 0 amide bonds. The van der Waals surface area contributed by atoms with Crippen LogP contribution in [0.1, 0.15) is 0 Å². The van der Waals surface area contributed by atoms with Gasteiger partial charge in [-0.2, -0.15) is 0 Å². The third-order valence-electron chi connectivity index (χ3n) is 4.05. The van der Waals surface area contributed by atoms with Crippen LogP contribution in [0.2, 0.25) is 0 Å². The molecule has 1 fully saturated rings. The van der Waals surface area contributed by atoms with E-state index >= 15 is 0 Å². The predicted octanol–water partition coefficient (Wildman–Crippen LogP) is 0.691. The summed E-state index contributed by atoms with van der Waals surface area (Å²) >= 11 is 0. The number of carbonyl (C=O) groups excluding carboxylic acids is 2. The molecule has 0 aromatic rings. The molecule has 0 aromatic carbocycles. The molecule has 4 heteroatoms. The van der Waals surface area contributed by atoms with Crippen LogP contribution in [-0.2, 0) is 19.1 Å². The van der Waals surface area contributed by atoms with Crippen molar-refractivity contribution in [2.75, 3.05) is 14.2 Å². The van der Waals surface area contributed by atoms with Crippen molar-refractivity contribution in [2.45, 2.75) is 0 Å². The monoisotopic (exact) mass is 220 g/mol. The Morgan fingerprint density at radius 1 is 1.25 bits per heavy atom. The third-order valence-corrected chi connectivity index (χ3v) is 4.05. The van der Waals surface area contributed by atoms with E-state index in [4.69, 9.17) is 9.47 Å². The minimum absolute atomic E-state index is 0.00375. The lowest BCUT2D eigenvalue weighted by molar-refractivity contribution is -0.148. The van der Waals surface area contributed by atoms with Gasteiger partial charge in [-0.15, -0.1) is 0 Å². The van der Waals surface area contributed by atoms with Gasteiger partial charge < -0.3 is 9.47 Å². The summed E-state index contributed by atoms with van der Waals surface area (Å²) in [4.78, 5) is 23.4. The number of fused-ring (bicyclic) bond motifs is 1. The quantitative estimate of drug-likeness (QED) is 0.507. The first kappa shape index (κ1) is 9.63. The summed E-state index contributed by atoms with van der Waals surface area (Å²) in [6.45, 7) is 0. The number of hydrogen-bond donors (Lipinski definition) is 0. The second-order valence-corrected chi connectivity index (χ2v) is 4.45. The molecule has 0 bridgehead atoms. The van der Waals surface area contributed by atoms with E-state index in [0.717, 1.165) is 0 Å². The molecule has 0 heterocycles. The van der Waals surface area contributed by atoms with Gasteiger partial charge in [-0.3, -0.25) is 4.79 Å². The minimum Gasteiger partial charge on any atom is -0.469 e. The molecule has 16 heavy (non-hydrogen) atoms. The van der Waals surface area contributed by atoms with Crippen LogP contribution < -0.4 is 0 Å². The number of carbonyl (C=O) groups is 2. The molecule has 0 aliphatic heterocycles. The average molecular weight is 220 g/mol. The highest BCUT2D eigenvalue weighted by molar-refractivity contribution is 5.97. The number of allylic oxidation sites excluding steroid dienone is 3. The van der Waals surface area contributed by atoms with Gasteiger partial charge in [0, 0.05) is 23.3 Å². The molecular weight excluding hydrogens is 208 g/mol. The summed E-state index contributed by atoms with van der Waals surface area (Å²) in [5.41, 5.74) is 0.117. The molecule has 3 aliphatic carbocycles. The van der Waals surface area contributed by atoms with Crippen molar-refractivity contribution in [3.63, 3.8) is 0 Å². The molecule has 3 rings (SSSR count). The zero-order chi connectivity index (χ0) is 11.5. The van der Waals surface area contributed by atoms with Crippen LogP contribution in [0.5, 0.6) is 0 Å². The lowest BCUT2D eigenvalue weighted by atomic mass is 9.93. The molecule has 0 spiro atoms. The fraction of sp³-hybridized carbons (Fsp3) is 0.500. The Kier molecular flexibility index (Phi) is 1.66. The first-order valence-corrected chi connectivity index (χ1v) is 5.24. The molecular formula is C12H12O4. The molecule has 0 radical (unpaired) electrons. The van der Waals surface area contributed by atoms with Crippen LogP contribution in [0.4, 0.5) is 0 Å². The van der Waals surface area contributed by atoms with E-state index < -0.39 is 5.41 Å². The van der Waals surface area contributed by atoms with E-state index in [9.17, 15) is 9.59 Å². The highest BCUT2D eigenvalue weighted by Crippen LogP contribution is 2.75. The van der Waals surface area contributed by atoms with Crippen LogP contribution in [0, 0.1) is 23.2 Å². The SMILES string of the molecule is COC(=O)C1=CC2C=CC3C1C23C(=O)OC. The van der Waals surface area contributed by atoms with Crippen LogP contribution in [-0.4, -0.2) is 26.2 Å². The Labute approximate surface area is 92.9 Å². The Hall–Kier alpha value is -1.58. The van der Waals surface area contributed by atoms with Crippen molar-refractivity contribution in [3.05, 3.63) is 23.8 Å². The Morgan fingerprint density at radius 2 is 2.00 bits per heavy atom. The Bertz CT molecular complexity index is 448. The van der Waals surface area contributed by atoms with Gasteiger partial charge in [-0.25, -0.2) is 4.79 Å². The fourth-order valence-electron chi connectivity index (χ4n) is 3.36. The van der Waals surface area contributed by atoms with Crippen molar-refractivity contribution in [1.82, 2.24) is 0 Å². The fourth-order valence-corrected chi connectivity index (χ4v) is 3.36. The van der Waals surface area contributed by atoms with E-state index in [0.29, 0.717) is 5.57 Å². The van der Waals surface area contributed by atoms with Gasteiger partial charge >= 0.3 is 11.9 Å². The molecule has 0 saturated heterocycles. The number of esters is 2. The highest BCUT2D eigenvalue weighted by Gasteiger charge is 2.78. The zero-order valence-electron chi connectivity index (χ0n) is 9.10. The second-order valence-electron chi connectivity index (χ2n) is 4.45. The lowest BCUT2D eigenvalue weighted by Gasteiger charge is -2.13. The molecule has 1 saturated carbocycles. The van der Waals surface area contributed by atoms with Gasteiger partial charge in [0.2, 0.25) is 0 Å². The van der Waals surface area contributed by atoms with Crippen molar-refractivity contribution < 1.29 is 19.1 Å². The van der Waals surface area contributed by atoms with Crippen LogP contribution in [0.3, 0.4) is 0 Å². The highest BCUT2D eigenvalue weighted by atomic mass is 16.5. The summed E-state index contributed by atoms with van der Waals surface area (Å²) in [7, 11) is 2.75. The number of rotatable bonds is 2. The summed E-state index contributed by atoms with van der Waals surface area (Å²) in [6, 6.07) is 0. The van der Waals surface area contributed by atoms with Gasteiger partial charge in [-0.05, 0) is 0 Å². The largest absolute Gasteiger partial charge is 0.469 e. The van der Waals surface area contributed by atoms with E-state index in [1.54, 1.807) is 0 Å². The molecule has 0 N–H and O–H groups in total. The predicted molar refractivity (Wildman–Crippen MR) is 54.2 cm³/mol. The van der Waals surface area contributed by atoms with Crippen molar-refractivity contribution >= 4 is 11.9 Å². The third kappa shape index (κ3) is 0.785. The van der Waals surface area contributed by atoms with Crippen LogP contribution >= 0.6 is 0 Å². The number of ether oxygens (including phenoxy) is 2. The van der Waals surface area contributed by atoms with Gasteiger partial charge in [0.05, 0.1) is 19.6 Å². The van der Waals surface area contributed by atoms with Crippen molar-refractivity contribution in [1.29, 1.82) is 0 Å². The molecule has 4 unspecified atom stereocenters. The zero-order valence-corrected chi connectivity index (χ0v) is 9.10. The maximum atomic E-state index is 11.8. The first-order chi connectivity index (χ1) is 7.67. The van der Waals surface area contributed by atoms with Crippen molar-refractivity contribution in [3.8, 4) is 0 Å². The smallest absolute Gasteiger partial charge is 0.333 e. The van der Waals surface area contributed by atoms with Crippen LogP contribution in [0.25, 0.3) is 0 Å². The summed E-state index contributed by atoms with van der Waals surface area (Å²) in [6.07, 6.45) is 5.83. The van der Waals surface area contributed by atoms with Gasteiger partial charge in [0.1, 0.15) is 0 Å². The van der Waals surface area contributed by atoms with E-state index in [-0.39, 0.29) is 29.7 Å². The van der Waals surface area contributed by atoms with Gasteiger partial charge in [-0.1, -0.05) is 18.2 Å². The van der Waals surface area contributed by atoms with Gasteiger partial charge in [0.15, 0.2) is 0 Å². The molecule has 3 aliphatic rings. The maximum absolute atomic E-state index is 11.8. The molecule has 0 aromatic heterocycles.